The molecule has 4 heteroatoms. The van der Waals surface area contributed by atoms with Gasteiger partial charge in [0, 0.05) is 6.08 Å². The summed E-state index contributed by atoms with van der Waals surface area (Å²) in [6.07, 6.45) is 1.74. The number of carbonyl (C=O) groups excluding carboxylic acids is 1. The van der Waals surface area contributed by atoms with E-state index >= 15 is 0 Å². The summed E-state index contributed by atoms with van der Waals surface area (Å²) in [7, 11) is 0. The summed E-state index contributed by atoms with van der Waals surface area (Å²) in [5, 5.41) is 0. The fraction of sp³-hybridized carbons (Fsp3) is 0.250. The van der Waals surface area contributed by atoms with Crippen molar-refractivity contribution in [1.82, 2.24) is 0 Å². The number of hydrogen-bond donors (Lipinski definition) is 0. The first-order valence-corrected chi connectivity index (χ1v) is 7.96. The first kappa shape index (κ1) is 16.4. The van der Waals surface area contributed by atoms with E-state index in [9.17, 15) is 4.79 Å². The standard InChI is InChI=1S/C20H20O4/c21-18-11-12-23-19(15-22-13-16-7-3-1-4-8-16)20(18)24-14-17-9-5-2-6-10-17/h1-12,19-20H,13-15H2/t19-,20-/m1/s1. The Morgan fingerprint density at radius 3 is 2.17 bits per heavy atom. The van der Waals surface area contributed by atoms with Gasteiger partial charge in [-0.2, -0.15) is 0 Å². The summed E-state index contributed by atoms with van der Waals surface area (Å²) in [5.74, 6) is -0.0921. The maximum Gasteiger partial charge on any atom is 0.191 e. The Hall–Kier alpha value is -2.43. The molecule has 0 saturated heterocycles. The SMILES string of the molecule is O=C1C=CO[C@H](COCc2ccccc2)[C@@H]1OCc1ccccc1. The van der Waals surface area contributed by atoms with Crippen LogP contribution >= 0.6 is 0 Å². The van der Waals surface area contributed by atoms with E-state index < -0.39 is 12.2 Å². The second-order valence-electron chi connectivity index (χ2n) is 5.60. The van der Waals surface area contributed by atoms with Crippen molar-refractivity contribution in [2.75, 3.05) is 6.61 Å². The first-order valence-electron chi connectivity index (χ1n) is 7.96. The van der Waals surface area contributed by atoms with Gasteiger partial charge in [0.05, 0.1) is 26.1 Å². The van der Waals surface area contributed by atoms with E-state index in [0.717, 1.165) is 11.1 Å². The molecule has 0 fully saturated rings. The van der Waals surface area contributed by atoms with Gasteiger partial charge >= 0.3 is 0 Å². The topological polar surface area (TPSA) is 44.8 Å². The predicted octanol–water partition coefficient (Wildman–Crippen LogP) is 3.27. The fourth-order valence-electron chi connectivity index (χ4n) is 2.50. The van der Waals surface area contributed by atoms with E-state index in [0.29, 0.717) is 19.8 Å². The molecule has 0 radical (unpaired) electrons. The molecule has 2 aromatic carbocycles. The normalized spacial score (nSPS) is 19.9. The highest BCUT2D eigenvalue weighted by molar-refractivity contribution is 5.94. The summed E-state index contributed by atoms with van der Waals surface area (Å²) in [5.41, 5.74) is 2.10. The Bertz CT molecular complexity index is 667. The molecule has 1 aliphatic heterocycles. The maximum absolute atomic E-state index is 12.1. The average Bonchev–Trinajstić information content (AvgIpc) is 2.63. The molecule has 3 rings (SSSR count). The third-order valence-electron chi connectivity index (χ3n) is 3.77. The van der Waals surface area contributed by atoms with Gasteiger partial charge in [0.15, 0.2) is 18.0 Å². The van der Waals surface area contributed by atoms with E-state index in [4.69, 9.17) is 14.2 Å². The zero-order valence-electron chi connectivity index (χ0n) is 13.3. The molecule has 2 aromatic rings. The van der Waals surface area contributed by atoms with Gasteiger partial charge in [-0.1, -0.05) is 60.7 Å². The minimum atomic E-state index is -0.647. The molecular weight excluding hydrogens is 304 g/mol. The molecule has 2 atom stereocenters. The van der Waals surface area contributed by atoms with Crippen molar-refractivity contribution in [3.8, 4) is 0 Å². The number of ether oxygens (including phenoxy) is 3. The van der Waals surface area contributed by atoms with Gasteiger partial charge in [-0.25, -0.2) is 0 Å². The Morgan fingerprint density at radius 1 is 0.875 bits per heavy atom. The van der Waals surface area contributed by atoms with Crippen LogP contribution < -0.4 is 0 Å². The van der Waals surface area contributed by atoms with E-state index in [1.165, 1.54) is 12.3 Å². The van der Waals surface area contributed by atoms with Crippen molar-refractivity contribution in [2.24, 2.45) is 0 Å². The lowest BCUT2D eigenvalue weighted by molar-refractivity contribution is -0.143. The molecule has 1 heterocycles. The Balaban J connectivity index is 1.54. The summed E-state index contributed by atoms with van der Waals surface area (Å²) in [6, 6.07) is 19.6. The Labute approximate surface area is 141 Å². The third kappa shape index (κ3) is 4.54. The number of ketones is 1. The van der Waals surface area contributed by atoms with Crippen molar-refractivity contribution in [1.29, 1.82) is 0 Å². The molecule has 0 N–H and O–H groups in total. The van der Waals surface area contributed by atoms with Gasteiger partial charge in [0.2, 0.25) is 0 Å². The highest BCUT2D eigenvalue weighted by atomic mass is 16.6. The van der Waals surface area contributed by atoms with Gasteiger partial charge < -0.3 is 14.2 Å². The molecule has 124 valence electrons. The van der Waals surface area contributed by atoms with Crippen LogP contribution in [0.4, 0.5) is 0 Å². The predicted molar refractivity (Wildman–Crippen MR) is 90.1 cm³/mol. The van der Waals surface area contributed by atoms with Crippen LogP contribution in [0.5, 0.6) is 0 Å². The van der Waals surface area contributed by atoms with Gasteiger partial charge in [-0.3, -0.25) is 4.79 Å². The van der Waals surface area contributed by atoms with Crippen LogP contribution in [-0.4, -0.2) is 24.6 Å². The van der Waals surface area contributed by atoms with Crippen LogP contribution in [0.15, 0.2) is 73.0 Å². The lowest BCUT2D eigenvalue weighted by atomic mass is 10.1. The fourth-order valence-corrected chi connectivity index (χ4v) is 2.50. The lowest BCUT2D eigenvalue weighted by Gasteiger charge is -2.27. The van der Waals surface area contributed by atoms with Gasteiger partial charge in [0.25, 0.3) is 0 Å². The van der Waals surface area contributed by atoms with E-state index in [2.05, 4.69) is 0 Å². The highest BCUT2D eigenvalue weighted by Crippen LogP contribution is 2.16. The molecular formula is C20H20O4. The van der Waals surface area contributed by atoms with E-state index in [-0.39, 0.29) is 5.78 Å². The summed E-state index contributed by atoms with van der Waals surface area (Å²) in [4.78, 5) is 12.1. The van der Waals surface area contributed by atoms with Crippen LogP contribution in [-0.2, 0) is 32.2 Å². The molecule has 0 amide bonds. The highest BCUT2D eigenvalue weighted by Gasteiger charge is 2.32. The lowest BCUT2D eigenvalue weighted by Crippen LogP contribution is -2.42. The molecule has 0 saturated carbocycles. The van der Waals surface area contributed by atoms with E-state index in [1.807, 2.05) is 60.7 Å². The van der Waals surface area contributed by atoms with Crippen LogP contribution in [0, 0.1) is 0 Å². The molecule has 0 spiro atoms. The van der Waals surface area contributed by atoms with Gasteiger partial charge in [-0.15, -0.1) is 0 Å². The Kier molecular flexibility index (Phi) is 5.77. The number of benzene rings is 2. The quantitative estimate of drug-likeness (QED) is 0.784. The third-order valence-corrected chi connectivity index (χ3v) is 3.77. The van der Waals surface area contributed by atoms with Crippen LogP contribution in [0.25, 0.3) is 0 Å². The Morgan fingerprint density at radius 2 is 1.50 bits per heavy atom. The van der Waals surface area contributed by atoms with Crippen LogP contribution in [0.2, 0.25) is 0 Å². The van der Waals surface area contributed by atoms with Crippen LogP contribution in [0.3, 0.4) is 0 Å². The van der Waals surface area contributed by atoms with Crippen LogP contribution in [0.1, 0.15) is 11.1 Å². The number of carbonyl (C=O) groups is 1. The van der Waals surface area contributed by atoms with Crippen molar-refractivity contribution in [3.63, 3.8) is 0 Å². The average molecular weight is 324 g/mol. The van der Waals surface area contributed by atoms with Gasteiger partial charge in [-0.05, 0) is 11.1 Å². The minimum Gasteiger partial charge on any atom is -0.492 e. The molecule has 0 aliphatic carbocycles. The number of hydrogen-bond acceptors (Lipinski definition) is 4. The minimum absolute atomic E-state index is 0.0921. The monoisotopic (exact) mass is 324 g/mol. The number of rotatable bonds is 7. The van der Waals surface area contributed by atoms with Crippen molar-refractivity contribution >= 4 is 5.78 Å². The molecule has 24 heavy (non-hydrogen) atoms. The second-order valence-corrected chi connectivity index (χ2v) is 5.60. The molecule has 1 aliphatic rings. The summed E-state index contributed by atoms with van der Waals surface area (Å²) in [6.45, 7) is 1.14. The van der Waals surface area contributed by atoms with Crippen molar-refractivity contribution in [3.05, 3.63) is 84.1 Å². The molecule has 0 bridgehead atoms. The molecule has 0 unspecified atom stereocenters. The van der Waals surface area contributed by atoms with E-state index in [1.54, 1.807) is 0 Å². The zero-order chi connectivity index (χ0) is 16.6. The smallest absolute Gasteiger partial charge is 0.191 e. The second kappa shape index (κ2) is 8.43. The van der Waals surface area contributed by atoms with Crippen molar-refractivity contribution in [2.45, 2.75) is 25.4 Å². The molecule has 0 aromatic heterocycles. The van der Waals surface area contributed by atoms with Crippen molar-refractivity contribution < 1.29 is 19.0 Å². The van der Waals surface area contributed by atoms with Gasteiger partial charge in [0.1, 0.15) is 0 Å². The first-order chi connectivity index (χ1) is 11.8. The summed E-state index contributed by atoms with van der Waals surface area (Å²) < 4.78 is 17.0. The summed E-state index contributed by atoms with van der Waals surface area (Å²) >= 11 is 0. The zero-order valence-corrected chi connectivity index (χ0v) is 13.3. The largest absolute Gasteiger partial charge is 0.492 e. The maximum atomic E-state index is 12.1. The molecule has 4 nitrogen and oxygen atoms in total.